The second-order valence-corrected chi connectivity index (χ2v) is 19.6. The summed E-state index contributed by atoms with van der Waals surface area (Å²) in [5, 5.41) is 54.3. The maximum Gasteiger partial charge on any atom is 0.305 e. The minimum Gasteiger partial charge on any atom is -0.466 e. The molecule has 402 valence electrons. The molecule has 6 N–H and O–H groups in total. The van der Waals surface area contributed by atoms with Gasteiger partial charge in [0.15, 0.2) is 6.29 Å². The predicted molar refractivity (Wildman–Crippen MR) is 283 cm³/mol. The number of unbranched alkanes of at least 4 members (excludes halogenated alkanes) is 28. The van der Waals surface area contributed by atoms with Crippen LogP contribution < -0.4 is 5.32 Å². The van der Waals surface area contributed by atoms with Crippen LogP contribution in [0.1, 0.15) is 245 Å². The molecule has 7 atom stereocenters. The summed E-state index contributed by atoms with van der Waals surface area (Å²) in [6.45, 7) is 4.24. The highest BCUT2D eigenvalue weighted by molar-refractivity contribution is 5.76. The molecule has 0 aliphatic carbocycles. The third kappa shape index (κ3) is 38.0. The van der Waals surface area contributed by atoms with Crippen LogP contribution in [0, 0.1) is 0 Å². The van der Waals surface area contributed by atoms with Gasteiger partial charge in [-0.2, -0.15) is 0 Å². The maximum absolute atomic E-state index is 13.0. The first kappa shape index (κ1) is 64.6. The molecule has 11 nitrogen and oxygen atoms in total. The maximum atomic E-state index is 13.0. The molecule has 1 amide bonds. The van der Waals surface area contributed by atoms with E-state index in [0.29, 0.717) is 19.4 Å². The van der Waals surface area contributed by atoms with Crippen LogP contribution in [0.3, 0.4) is 0 Å². The molecule has 7 unspecified atom stereocenters. The number of carbonyl (C=O) groups excluding carboxylic acids is 2. The Kier molecular flexibility index (Phi) is 44.9. The molecular formula is C58H105NO10. The van der Waals surface area contributed by atoms with E-state index in [-0.39, 0.29) is 18.5 Å². The minimum absolute atomic E-state index is 0.0333. The van der Waals surface area contributed by atoms with Gasteiger partial charge in [0.1, 0.15) is 24.4 Å². The number of rotatable bonds is 48. The third-order valence-electron chi connectivity index (χ3n) is 13.1. The summed E-state index contributed by atoms with van der Waals surface area (Å²) in [5.41, 5.74) is 0. The summed E-state index contributed by atoms with van der Waals surface area (Å²) in [5.74, 6) is -0.243. The van der Waals surface area contributed by atoms with Crippen molar-refractivity contribution in [3.05, 3.63) is 48.6 Å². The van der Waals surface area contributed by atoms with Gasteiger partial charge in [-0.1, -0.05) is 191 Å². The van der Waals surface area contributed by atoms with Gasteiger partial charge in [-0.3, -0.25) is 9.59 Å². The van der Waals surface area contributed by atoms with E-state index >= 15 is 0 Å². The van der Waals surface area contributed by atoms with Gasteiger partial charge in [0.05, 0.1) is 32.0 Å². The van der Waals surface area contributed by atoms with E-state index in [2.05, 4.69) is 55.6 Å². The molecule has 1 saturated heterocycles. The fourth-order valence-corrected chi connectivity index (χ4v) is 8.54. The van der Waals surface area contributed by atoms with Crippen molar-refractivity contribution in [1.29, 1.82) is 0 Å². The average Bonchev–Trinajstić information content (AvgIpc) is 3.34. The smallest absolute Gasteiger partial charge is 0.305 e. The van der Waals surface area contributed by atoms with Crippen molar-refractivity contribution in [3.8, 4) is 0 Å². The molecule has 0 saturated carbocycles. The first-order chi connectivity index (χ1) is 33.7. The van der Waals surface area contributed by atoms with E-state index < -0.39 is 49.5 Å². The van der Waals surface area contributed by atoms with Crippen LogP contribution in [0.4, 0.5) is 0 Å². The lowest BCUT2D eigenvalue weighted by molar-refractivity contribution is -0.302. The molecule has 0 radical (unpaired) electrons. The fraction of sp³-hybridized carbons (Fsp3) is 0.828. The summed E-state index contributed by atoms with van der Waals surface area (Å²) in [6.07, 6.45) is 49.0. The van der Waals surface area contributed by atoms with Crippen LogP contribution in [0.15, 0.2) is 48.6 Å². The largest absolute Gasteiger partial charge is 0.466 e. The van der Waals surface area contributed by atoms with Gasteiger partial charge >= 0.3 is 5.97 Å². The highest BCUT2D eigenvalue weighted by Crippen LogP contribution is 2.23. The molecule has 1 rings (SSSR count). The highest BCUT2D eigenvalue weighted by atomic mass is 16.7. The quantitative estimate of drug-likeness (QED) is 0.0196. The molecule has 69 heavy (non-hydrogen) atoms. The lowest BCUT2D eigenvalue weighted by Gasteiger charge is -2.40. The normalized spacial score (nSPS) is 19.7. The third-order valence-corrected chi connectivity index (χ3v) is 13.1. The molecular weight excluding hydrogens is 871 g/mol. The van der Waals surface area contributed by atoms with Gasteiger partial charge in [0.25, 0.3) is 0 Å². The zero-order valence-electron chi connectivity index (χ0n) is 44.0. The fourth-order valence-electron chi connectivity index (χ4n) is 8.54. The highest BCUT2D eigenvalue weighted by Gasteiger charge is 2.44. The van der Waals surface area contributed by atoms with E-state index in [1.165, 1.54) is 128 Å². The predicted octanol–water partition coefficient (Wildman–Crippen LogP) is 12.5. The molecule has 1 heterocycles. The second-order valence-electron chi connectivity index (χ2n) is 19.6. The van der Waals surface area contributed by atoms with Crippen LogP contribution in [-0.2, 0) is 23.8 Å². The van der Waals surface area contributed by atoms with E-state index in [1.54, 1.807) is 6.08 Å². The number of amides is 1. The number of aliphatic hydroxyl groups excluding tert-OH is 5. The lowest BCUT2D eigenvalue weighted by atomic mass is 9.99. The zero-order chi connectivity index (χ0) is 50.3. The number of ether oxygens (including phenoxy) is 3. The van der Waals surface area contributed by atoms with Crippen LogP contribution >= 0.6 is 0 Å². The molecule has 11 heteroatoms. The molecule has 0 bridgehead atoms. The van der Waals surface area contributed by atoms with E-state index in [9.17, 15) is 35.1 Å². The summed E-state index contributed by atoms with van der Waals surface area (Å²) >= 11 is 0. The van der Waals surface area contributed by atoms with Gasteiger partial charge in [-0.05, 0) is 89.9 Å². The van der Waals surface area contributed by atoms with Gasteiger partial charge in [0, 0.05) is 12.8 Å². The minimum atomic E-state index is -1.58. The van der Waals surface area contributed by atoms with E-state index in [1.807, 2.05) is 6.08 Å². The Morgan fingerprint density at radius 2 is 0.957 bits per heavy atom. The van der Waals surface area contributed by atoms with Crippen molar-refractivity contribution in [1.82, 2.24) is 5.32 Å². The molecule has 0 aromatic rings. The summed E-state index contributed by atoms with van der Waals surface area (Å²) in [6, 6.07) is -0.840. The van der Waals surface area contributed by atoms with Crippen LogP contribution in [0.2, 0.25) is 0 Å². The number of allylic oxidation sites excluding steroid dienone is 7. The Labute approximate surface area is 421 Å². The molecule has 1 fully saturated rings. The van der Waals surface area contributed by atoms with Crippen molar-refractivity contribution in [2.24, 2.45) is 0 Å². The molecule has 1 aliphatic heterocycles. The number of hydrogen-bond donors (Lipinski definition) is 6. The first-order valence-corrected chi connectivity index (χ1v) is 28.4. The standard InChI is InChI=1S/C58H105NO10/c1-3-5-7-9-11-13-15-16-21-25-28-32-36-40-44-51(61)50(49-68-58-57(66)56(65)55(64)52(48-60)69-58)59-53(62)45-41-37-33-29-26-22-19-17-18-20-23-27-31-35-39-43-47-67-54(63)46-42-38-34-30-24-14-12-10-8-6-4-2/h10,12,17,19,25,28,40,44,50-52,55-58,60-61,64-66H,3-9,11,13-16,18,20-24,26-27,29-39,41-43,45-49H2,1-2H3,(H,59,62)/b12-10-,19-17-,28-25+,44-40+. The van der Waals surface area contributed by atoms with Crippen molar-refractivity contribution in [2.75, 3.05) is 19.8 Å². The first-order valence-electron chi connectivity index (χ1n) is 28.4. The number of aliphatic hydroxyl groups is 5. The second kappa shape index (κ2) is 47.9. The Hall–Kier alpha value is -2.38. The topological polar surface area (TPSA) is 175 Å². The van der Waals surface area contributed by atoms with E-state index in [0.717, 1.165) is 89.9 Å². The van der Waals surface area contributed by atoms with Gasteiger partial charge < -0.3 is 45.1 Å². The van der Waals surface area contributed by atoms with Crippen LogP contribution in [-0.4, -0.2) is 100 Å². The lowest BCUT2D eigenvalue weighted by Crippen LogP contribution is -2.60. The number of carbonyl (C=O) groups is 2. The molecule has 0 aromatic carbocycles. The van der Waals surface area contributed by atoms with Gasteiger partial charge in [-0.25, -0.2) is 0 Å². The number of esters is 1. The van der Waals surface area contributed by atoms with Gasteiger partial charge in [-0.15, -0.1) is 0 Å². The van der Waals surface area contributed by atoms with Crippen molar-refractivity contribution in [2.45, 2.75) is 288 Å². The van der Waals surface area contributed by atoms with Crippen LogP contribution in [0.25, 0.3) is 0 Å². The SMILES string of the molecule is CCCC/C=C\CCCCCCCC(=O)OCCCCCCCCC/C=C\CCCCCCCC(=O)NC(COC1OC(CO)C(O)C(O)C1O)C(O)/C=C/CC/C=C/CCCCCCCCCC. The van der Waals surface area contributed by atoms with Crippen molar-refractivity contribution in [3.63, 3.8) is 0 Å². The zero-order valence-corrected chi connectivity index (χ0v) is 44.0. The Bertz CT molecular complexity index is 1290. The van der Waals surface area contributed by atoms with E-state index in [4.69, 9.17) is 14.2 Å². The number of nitrogens with one attached hydrogen (secondary N) is 1. The summed E-state index contributed by atoms with van der Waals surface area (Å²) in [4.78, 5) is 25.0. The Morgan fingerprint density at radius 3 is 1.48 bits per heavy atom. The summed E-state index contributed by atoms with van der Waals surface area (Å²) in [7, 11) is 0. The molecule has 1 aliphatic rings. The Morgan fingerprint density at radius 1 is 0.522 bits per heavy atom. The van der Waals surface area contributed by atoms with Crippen molar-refractivity contribution >= 4 is 11.9 Å². The average molecular weight is 976 g/mol. The summed E-state index contributed by atoms with van der Waals surface area (Å²) < 4.78 is 16.7. The molecule has 0 aromatic heterocycles. The van der Waals surface area contributed by atoms with Gasteiger partial charge in [0.2, 0.25) is 5.91 Å². The monoisotopic (exact) mass is 976 g/mol. The van der Waals surface area contributed by atoms with Crippen molar-refractivity contribution < 1.29 is 49.3 Å². The Balaban J connectivity index is 2.18. The molecule has 0 spiro atoms. The number of hydrogen-bond acceptors (Lipinski definition) is 10. The van der Waals surface area contributed by atoms with Crippen LogP contribution in [0.5, 0.6) is 0 Å².